The van der Waals surface area contributed by atoms with E-state index in [1.54, 1.807) is 23.9 Å². The quantitative estimate of drug-likeness (QED) is 0.363. The van der Waals surface area contributed by atoms with Crippen LogP contribution in [0.4, 0.5) is 13.2 Å². The topological polar surface area (TPSA) is 56.1 Å². The lowest BCUT2D eigenvalue weighted by Gasteiger charge is -2.12. The normalized spacial score (nSPS) is 11.4. The number of nitrogens with zero attached hydrogens (tertiary/aromatic N) is 2. The first kappa shape index (κ1) is 24.1. The molecule has 4 rings (SSSR count). The van der Waals surface area contributed by atoms with Gasteiger partial charge in [-0.2, -0.15) is 18.3 Å². The number of alkyl halides is 3. The SMILES string of the molecule is COc1cccc(-c2cc(C(=O)NCc3cccc(C(F)(F)F)c3)n(-c3ccc(C)cc3C)n2)c1. The van der Waals surface area contributed by atoms with Crippen LogP contribution in [0.3, 0.4) is 0 Å². The van der Waals surface area contributed by atoms with Crippen molar-refractivity contribution in [3.05, 3.63) is 101 Å². The van der Waals surface area contributed by atoms with E-state index in [0.717, 1.165) is 34.5 Å². The molecule has 0 aliphatic carbocycles. The van der Waals surface area contributed by atoms with E-state index in [4.69, 9.17) is 9.84 Å². The average molecular weight is 480 g/mol. The molecule has 0 unspecified atom stereocenters. The highest BCUT2D eigenvalue weighted by Crippen LogP contribution is 2.30. The van der Waals surface area contributed by atoms with Crippen LogP contribution < -0.4 is 10.1 Å². The van der Waals surface area contributed by atoms with Gasteiger partial charge in [-0.25, -0.2) is 4.68 Å². The zero-order valence-electron chi connectivity index (χ0n) is 19.5. The molecule has 1 aromatic heterocycles. The molecule has 0 fully saturated rings. The summed E-state index contributed by atoms with van der Waals surface area (Å²) < 4.78 is 46.0. The van der Waals surface area contributed by atoms with Gasteiger partial charge >= 0.3 is 6.18 Å². The molecule has 0 bridgehead atoms. The van der Waals surface area contributed by atoms with E-state index in [1.807, 2.05) is 56.3 Å². The highest BCUT2D eigenvalue weighted by molar-refractivity contribution is 5.94. The summed E-state index contributed by atoms with van der Waals surface area (Å²) in [5, 5.41) is 7.42. The number of aryl methyl sites for hydroxylation is 2. The number of ether oxygens (including phenoxy) is 1. The Kier molecular flexibility index (Phi) is 6.64. The minimum Gasteiger partial charge on any atom is -0.497 e. The van der Waals surface area contributed by atoms with Gasteiger partial charge in [-0.15, -0.1) is 0 Å². The van der Waals surface area contributed by atoms with Crippen molar-refractivity contribution in [3.63, 3.8) is 0 Å². The molecule has 1 N–H and O–H groups in total. The number of amides is 1. The molecule has 180 valence electrons. The molecule has 0 aliphatic heterocycles. The second-order valence-electron chi connectivity index (χ2n) is 8.23. The first-order valence-electron chi connectivity index (χ1n) is 10.9. The Balaban J connectivity index is 1.69. The number of aromatic nitrogens is 2. The van der Waals surface area contributed by atoms with Crippen molar-refractivity contribution in [1.82, 2.24) is 15.1 Å². The number of carbonyl (C=O) groups excluding carboxylic acids is 1. The zero-order valence-corrected chi connectivity index (χ0v) is 19.5. The molecule has 0 saturated heterocycles. The molecule has 3 aromatic carbocycles. The summed E-state index contributed by atoms with van der Waals surface area (Å²) in [4.78, 5) is 13.2. The van der Waals surface area contributed by atoms with Crippen LogP contribution in [0, 0.1) is 13.8 Å². The van der Waals surface area contributed by atoms with Gasteiger partial charge in [-0.1, -0.05) is 42.0 Å². The fraction of sp³-hybridized carbons (Fsp3) is 0.185. The summed E-state index contributed by atoms with van der Waals surface area (Å²) in [6.07, 6.45) is -4.45. The summed E-state index contributed by atoms with van der Waals surface area (Å²) in [6.45, 7) is 3.85. The summed E-state index contributed by atoms with van der Waals surface area (Å²) >= 11 is 0. The second-order valence-corrected chi connectivity index (χ2v) is 8.23. The van der Waals surface area contributed by atoms with Gasteiger partial charge in [0.2, 0.25) is 0 Å². The van der Waals surface area contributed by atoms with E-state index in [2.05, 4.69) is 5.32 Å². The molecule has 35 heavy (non-hydrogen) atoms. The van der Waals surface area contributed by atoms with Gasteiger partial charge in [0.05, 0.1) is 24.1 Å². The van der Waals surface area contributed by atoms with Crippen LogP contribution in [0.2, 0.25) is 0 Å². The smallest absolute Gasteiger partial charge is 0.416 e. The van der Waals surface area contributed by atoms with E-state index < -0.39 is 17.6 Å². The average Bonchev–Trinajstić information content (AvgIpc) is 3.27. The van der Waals surface area contributed by atoms with Gasteiger partial charge in [-0.3, -0.25) is 4.79 Å². The summed E-state index contributed by atoms with van der Waals surface area (Å²) in [7, 11) is 1.57. The predicted octanol–water partition coefficient (Wildman–Crippen LogP) is 6.11. The van der Waals surface area contributed by atoms with Crippen molar-refractivity contribution in [2.75, 3.05) is 7.11 Å². The Morgan fingerprint density at radius 3 is 2.49 bits per heavy atom. The maximum absolute atomic E-state index is 13.2. The van der Waals surface area contributed by atoms with Crippen molar-refractivity contribution in [1.29, 1.82) is 0 Å². The number of benzene rings is 3. The fourth-order valence-electron chi connectivity index (χ4n) is 3.82. The Hall–Kier alpha value is -4.07. The van der Waals surface area contributed by atoms with Crippen LogP contribution in [-0.4, -0.2) is 22.8 Å². The molecular weight excluding hydrogens is 455 g/mol. The van der Waals surface area contributed by atoms with Crippen molar-refractivity contribution in [2.45, 2.75) is 26.6 Å². The van der Waals surface area contributed by atoms with Gasteiger partial charge in [0.1, 0.15) is 11.4 Å². The Bertz CT molecular complexity index is 1380. The molecule has 0 spiro atoms. The van der Waals surface area contributed by atoms with Gasteiger partial charge < -0.3 is 10.1 Å². The molecule has 1 amide bonds. The standard InChI is InChI=1S/C27H24F3N3O2/c1-17-10-11-24(18(2)12-17)33-25(15-23(32-33)20-7-5-9-22(14-20)35-3)26(34)31-16-19-6-4-8-21(13-19)27(28,29)30/h4-15H,16H2,1-3H3,(H,31,34). The third-order valence-electron chi connectivity index (χ3n) is 5.60. The monoisotopic (exact) mass is 479 g/mol. The lowest BCUT2D eigenvalue weighted by Crippen LogP contribution is -2.25. The van der Waals surface area contributed by atoms with Gasteiger partial charge in [0.15, 0.2) is 0 Å². The van der Waals surface area contributed by atoms with E-state index in [1.165, 1.54) is 6.07 Å². The van der Waals surface area contributed by atoms with Crippen LogP contribution in [-0.2, 0) is 12.7 Å². The first-order chi connectivity index (χ1) is 16.7. The molecule has 5 nitrogen and oxygen atoms in total. The third-order valence-corrected chi connectivity index (χ3v) is 5.60. The maximum atomic E-state index is 13.2. The number of hydrogen-bond donors (Lipinski definition) is 1. The van der Waals surface area contributed by atoms with Gasteiger partial charge in [0.25, 0.3) is 5.91 Å². The molecule has 4 aromatic rings. The van der Waals surface area contributed by atoms with Crippen LogP contribution in [0.15, 0.2) is 72.8 Å². The predicted molar refractivity (Wildman–Crippen MR) is 128 cm³/mol. The Labute approximate surface area is 201 Å². The maximum Gasteiger partial charge on any atom is 0.416 e. The molecule has 1 heterocycles. The van der Waals surface area contributed by atoms with Crippen LogP contribution in [0.5, 0.6) is 5.75 Å². The molecule has 0 aliphatic rings. The van der Waals surface area contributed by atoms with Crippen molar-refractivity contribution >= 4 is 5.91 Å². The van der Waals surface area contributed by atoms with E-state index in [0.29, 0.717) is 17.0 Å². The summed E-state index contributed by atoms with van der Waals surface area (Å²) in [6, 6.07) is 19.7. The van der Waals surface area contributed by atoms with Crippen LogP contribution in [0.1, 0.15) is 32.7 Å². The van der Waals surface area contributed by atoms with Crippen molar-refractivity contribution in [3.8, 4) is 22.7 Å². The zero-order chi connectivity index (χ0) is 25.2. The Morgan fingerprint density at radius 2 is 1.77 bits per heavy atom. The number of halogens is 3. The molecule has 8 heteroatoms. The first-order valence-corrected chi connectivity index (χ1v) is 10.9. The minimum absolute atomic E-state index is 0.0602. The van der Waals surface area contributed by atoms with E-state index in [9.17, 15) is 18.0 Å². The van der Waals surface area contributed by atoms with Crippen molar-refractivity contribution in [2.24, 2.45) is 0 Å². The second kappa shape index (κ2) is 9.66. The lowest BCUT2D eigenvalue weighted by atomic mass is 10.1. The third kappa shape index (κ3) is 5.37. The molecule has 0 radical (unpaired) electrons. The number of hydrogen-bond acceptors (Lipinski definition) is 3. The van der Waals surface area contributed by atoms with Gasteiger partial charge in [-0.05, 0) is 61.4 Å². The molecular formula is C27H24F3N3O2. The van der Waals surface area contributed by atoms with Crippen LogP contribution in [0.25, 0.3) is 16.9 Å². The number of rotatable bonds is 6. The highest BCUT2D eigenvalue weighted by atomic mass is 19.4. The van der Waals surface area contributed by atoms with Crippen LogP contribution >= 0.6 is 0 Å². The van der Waals surface area contributed by atoms with E-state index in [-0.39, 0.29) is 12.2 Å². The fourth-order valence-corrected chi connectivity index (χ4v) is 3.82. The summed E-state index contributed by atoms with van der Waals surface area (Å²) in [5.41, 5.74) is 3.91. The van der Waals surface area contributed by atoms with Gasteiger partial charge in [0, 0.05) is 12.1 Å². The Morgan fingerprint density at radius 1 is 1.00 bits per heavy atom. The summed E-state index contributed by atoms with van der Waals surface area (Å²) in [5.74, 6) is 0.197. The van der Waals surface area contributed by atoms with Crippen molar-refractivity contribution < 1.29 is 22.7 Å². The largest absolute Gasteiger partial charge is 0.497 e. The highest BCUT2D eigenvalue weighted by Gasteiger charge is 2.30. The molecule has 0 atom stereocenters. The minimum atomic E-state index is -4.45. The lowest BCUT2D eigenvalue weighted by molar-refractivity contribution is -0.137. The number of nitrogens with one attached hydrogen (secondary N) is 1. The number of methoxy groups -OCH3 is 1. The number of carbonyl (C=O) groups is 1. The van der Waals surface area contributed by atoms with E-state index >= 15 is 0 Å². The molecule has 0 saturated carbocycles.